The number of anilines is 1. The van der Waals surface area contributed by atoms with Gasteiger partial charge < -0.3 is 9.47 Å². The molecule has 6 rings (SSSR count). The van der Waals surface area contributed by atoms with Gasteiger partial charge in [-0.25, -0.2) is 9.37 Å². The van der Waals surface area contributed by atoms with Gasteiger partial charge in [-0.05, 0) is 24.3 Å². The van der Waals surface area contributed by atoms with E-state index in [4.69, 9.17) is 9.47 Å². The molecular weight excluding hydrogens is 501 g/mol. The van der Waals surface area contributed by atoms with Crippen molar-refractivity contribution in [1.82, 2.24) is 9.88 Å². The number of carbonyl (C=O) groups is 1. The third-order valence-corrected chi connectivity index (χ3v) is 7.57. The monoisotopic (exact) mass is 525 g/mol. The number of halogens is 2. The van der Waals surface area contributed by atoms with Crippen molar-refractivity contribution in [3.63, 3.8) is 0 Å². The molecule has 2 aliphatic heterocycles. The predicted octanol–water partition coefficient (Wildman–Crippen LogP) is 5.46. The van der Waals surface area contributed by atoms with E-state index >= 15 is 0 Å². The second-order valence-corrected chi connectivity index (χ2v) is 9.65. The van der Waals surface area contributed by atoms with Crippen LogP contribution in [0.3, 0.4) is 0 Å². The molecule has 3 aromatic carbocycles. The quantitative estimate of drug-likeness (QED) is 0.346. The second kappa shape index (κ2) is 10.5. The van der Waals surface area contributed by atoms with Gasteiger partial charge in [0.25, 0.3) is 0 Å². The number of thiazole rings is 1. The summed E-state index contributed by atoms with van der Waals surface area (Å²) in [5, 5.41) is 0.504. The first-order valence-corrected chi connectivity index (χ1v) is 12.5. The van der Waals surface area contributed by atoms with Crippen molar-refractivity contribution in [2.24, 2.45) is 0 Å². The van der Waals surface area contributed by atoms with E-state index < -0.39 is 5.92 Å². The maximum Gasteiger partial charge on any atom is 0.241 e. The van der Waals surface area contributed by atoms with Gasteiger partial charge in [0.15, 0.2) is 5.13 Å². The first kappa shape index (κ1) is 24.6. The van der Waals surface area contributed by atoms with Gasteiger partial charge in [-0.2, -0.15) is 0 Å². The Kier molecular flexibility index (Phi) is 7.20. The molecule has 0 atom stereocenters. The van der Waals surface area contributed by atoms with Crippen LogP contribution in [-0.4, -0.2) is 55.2 Å². The lowest BCUT2D eigenvalue weighted by Crippen LogP contribution is -2.44. The van der Waals surface area contributed by atoms with Gasteiger partial charge in [-0.1, -0.05) is 53.8 Å². The minimum absolute atomic E-state index is 0. The zero-order valence-electron chi connectivity index (χ0n) is 19.4. The van der Waals surface area contributed by atoms with Gasteiger partial charge in [0, 0.05) is 37.3 Å². The fourth-order valence-electron chi connectivity index (χ4n) is 4.72. The van der Waals surface area contributed by atoms with Crippen molar-refractivity contribution in [2.75, 3.05) is 44.3 Å². The van der Waals surface area contributed by atoms with Crippen LogP contribution in [0.15, 0.2) is 66.7 Å². The number of rotatable bonds is 5. The van der Waals surface area contributed by atoms with Crippen LogP contribution in [0.5, 0.6) is 11.5 Å². The molecule has 186 valence electrons. The lowest BCUT2D eigenvalue weighted by Gasteiger charge is -2.33. The molecule has 0 unspecified atom stereocenters. The van der Waals surface area contributed by atoms with Crippen LogP contribution in [0.25, 0.3) is 10.2 Å². The number of para-hydroxylation sites is 3. The van der Waals surface area contributed by atoms with E-state index in [2.05, 4.69) is 9.88 Å². The molecule has 0 radical (unpaired) electrons. The Balaban J connectivity index is 0.00000267. The van der Waals surface area contributed by atoms with Gasteiger partial charge >= 0.3 is 0 Å². The van der Waals surface area contributed by atoms with Gasteiger partial charge in [0.2, 0.25) is 5.91 Å². The number of hydrogen-bond acceptors (Lipinski definition) is 6. The Morgan fingerprint density at radius 3 is 2.33 bits per heavy atom. The fourth-order valence-corrected chi connectivity index (χ4v) is 5.73. The van der Waals surface area contributed by atoms with Crippen LogP contribution in [-0.2, 0) is 9.53 Å². The van der Waals surface area contributed by atoms with E-state index in [1.54, 1.807) is 11.0 Å². The predicted molar refractivity (Wildman–Crippen MR) is 141 cm³/mol. The van der Waals surface area contributed by atoms with Crippen molar-refractivity contribution in [2.45, 2.75) is 5.92 Å². The third-order valence-electron chi connectivity index (χ3n) is 6.53. The highest BCUT2D eigenvalue weighted by molar-refractivity contribution is 7.22. The van der Waals surface area contributed by atoms with E-state index in [1.807, 2.05) is 54.6 Å². The van der Waals surface area contributed by atoms with Crippen molar-refractivity contribution in [1.29, 1.82) is 0 Å². The number of morpholine rings is 1. The molecule has 4 aromatic rings. The molecule has 3 heterocycles. The van der Waals surface area contributed by atoms with Gasteiger partial charge in [0.1, 0.15) is 22.8 Å². The summed E-state index contributed by atoms with van der Waals surface area (Å²) in [5.41, 5.74) is 1.93. The zero-order chi connectivity index (χ0) is 23.8. The first-order valence-electron chi connectivity index (χ1n) is 11.7. The summed E-state index contributed by atoms with van der Waals surface area (Å²) in [7, 11) is 0. The number of nitrogens with zero attached hydrogens (tertiary/aromatic N) is 3. The highest BCUT2D eigenvalue weighted by Gasteiger charge is 2.36. The summed E-state index contributed by atoms with van der Waals surface area (Å²) in [6, 6.07) is 20.2. The summed E-state index contributed by atoms with van der Waals surface area (Å²) in [5.74, 6) is 0.326. The molecule has 0 N–H and O–H groups in total. The normalized spacial score (nSPS) is 15.5. The molecule has 9 heteroatoms. The number of benzene rings is 3. The third kappa shape index (κ3) is 4.57. The molecule has 1 amide bonds. The Labute approximate surface area is 218 Å². The lowest BCUT2D eigenvalue weighted by atomic mass is 9.87. The largest absolute Gasteiger partial charge is 0.457 e. The highest BCUT2D eigenvalue weighted by atomic mass is 35.5. The van der Waals surface area contributed by atoms with Crippen LogP contribution >= 0.6 is 23.7 Å². The van der Waals surface area contributed by atoms with Gasteiger partial charge in [-0.3, -0.25) is 14.6 Å². The summed E-state index contributed by atoms with van der Waals surface area (Å²) in [4.78, 5) is 22.9. The number of hydrogen-bond donors (Lipinski definition) is 0. The summed E-state index contributed by atoms with van der Waals surface area (Å²) < 4.78 is 26.8. The lowest BCUT2D eigenvalue weighted by molar-refractivity contribution is -0.119. The van der Waals surface area contributed by atoms with Crippen molar-refractivity contribution >= 4 is 45.0 Å². The summed E-state index contributed by atoms with van der Waals surface area (Å²) in [6.45, 7) is 4.13. The Bertz CT molecular complexity index is 1350. The standard InChI is InChI=1S/C27H24FN3O3S.ClH/c28-20-8-5-11-23-25(20)29-27(35-23)31(13-12-30-14-16-33-17-15-30)26(32)24-18-6-1-3-9-21(18)34-22-10-4-2-7-19(22)24;/h1-11,24H,12-17H2;1H. The number of ether oxygens (including phenoxy) is 2. The number of carbonyl (C=O) groups excluding carboxylic acids is 1. The Hall–Kier alpha value is -3.04. The maximum atomic E-state index is 14.5. The smallest absolute Gasteiger partial charge is 0.241 e. The van der Waals surface area contributed by atoms with Crippen molar-refractivity contribution in [3.8, 4) is 11.5 Å². The van der Waals surface area contributed by atoms with Crippen LogP contribution in [0.1, 0.15) is 17.0 Å². The highest BCUT2D eigenvalue weighted by Crippen LogP contribution is 2.45. The minimum Gasteiger partial charge on any atom is -0.457 e. The van der Waals surface area contributed by atoms with E-state index in [1.165, 1.54) is 17.4 Å². The van der Waals surface area contributed by atoms with E-state index in [9.17, 15) is 9.18 Å². The molecule has 0 spiro atoms. The van der Waals surface area contributed by atoms with Crippen LogP contribution in [0, 0.1) is 5.82 Å². The second-order valence-electron chi connectivity index (χ2n) is 8.64. The number of amides is 1. The fraction of sp³-hybridized carbons (Fsp3) is 0.259. The molecule has 2 aliphatic rings. The van der Waals surface area contributed by atoms with Crippen LogP contribution in [0.4, 0.5) is 9.52 Å². The minimum atomic E-state index is -0.544. The average Bonchev–Trinajstić information content (AvgIpc) is 3.33. The molecule has 0 saturated carbocycles. The van der Waals surface area contributed by atoms with Gasteiger partial charge in [-0.15, -0.1) is 12.4 Å². The van der Waals surface area contributed by atoms with E-state index in [0.717, 1.165) is 28.9 Å². The summed E-state index contributed by atoms with van der Waals surface area (Å²) in [6.07, 6.45) is 0. The summed E-state index contributed by atoms with van der Waals surface area (Å²) >= 11 is 1.34. The first-order chi connectivity index (χ1) is 17.2. The van der Waals surface area contributed by atoms with Crippen LogP contribution in [0.2, 0.25) is 0 Å². The number of aromatic nitrogens is 1. The molecule has 1 saturated heterocycles. The van der Waals surface area contributed by atoms with E-state index in [-0.39, 0.29) is 24.1 Å². The molecule has 6 nitrogen and oxygen atoms in total. The topological polar surface area (TPSA) is 54.9 Å². The van der Waals surface area contributed by atoms with Crippen LogP contribution < -0.4 is 9.64 Å². The Morgan fingerprint density at radius 2 is 1.67 bits per heavy atom. The van der Waals surface area contributed by atoms with Gasteiger partial charge in [0.05, 0.1) is 23.8 Å². The van der Waals surface area contributed by atoms with E-state index in [0.29, 0.717) is 48.5 Å². The SMILES string of the molecule is Cl.O=C(C1c2ccccc2Oc2ccccc21)N(CCN1CCOCC1)c1nc2c(F)cccc2s1. The van der Waals surface area contributed by atoms with Crippen molar-refractivity contribution in [3.05, 3.63) is 83.7 Å². The van der Waals surface area contributed by atoms with Crippen molar-refractivity contribution < 1.29 is 18.7 Å². The average molecular weight is 526 g/mol. The molecule has 36 heavy (non-hydrogen) atoms. The molecule has 1 fully saturated rings. The molecular formula is C27H25ClFN3O3S. The zero-order valence-corrected chi connectivity index (χ0v) is 21.1. The molecule has 1 aromatic heterocycles. The molecule has 0 aliphatic carbocycles. The number of fused-ring (bicyclic) bond motifs is 3. The Morgan fingerprint density at radius 1 is 1.00 bits per heavy atom. The maximum absolute atomic E-state index is 14.5. The molecule has 0 bridgehead atoms.